The summed E-state index contributed by atoms with van der Waals surface area (Å²) >= 11 is 0. The molecule has 0 aliphatic heterocycles. The summed E-state index contributed by atoms with van der Waals surface area (Å²) in [5.74, 6) is 0. The molecule has 0 saturated carbocycles. The third-order valence-electron chi connectivity index (χ3n) is 15.7. The second kappa shape index (κ2) is 18.1. The molecule has 0 bridgehead atoms. The Balaban J connectivity index is 1.08. The standard InChI is InChI=1S/C71H54N2O2/c1-3-19-47-35-39-51(40-36-47)72(63-31-17-29-58-55-26-13-15-33-66(55)74-69(58)63)53-43-44-60-61(45-53)71(49-21-7-5-8-22-49,50-23-9-6-10-24-50)62-46-65(54-25-11-12-28-57(54)68(60)62)73(52-41-37-48(20-4-2)38-42-52)64-32-18-30-59-56-27-14-16-34-67(56)75-70(59)64/h5-18,21-46H,3-4,19-20H2,1-2H3. The van der Waals surface area contributed by atoms with Gasteiger partial charge in [-0.05, 0) is 129 Å². The highest BCUT2D eigenvalue weighted by atomic mass is 16.3. The number of benzene rings is 11. The van der Waals surface area contributed by atoms with E-state index in [2.05, 4.69) is 266 Å². The van der Waals surface area contributed by atoms with E-state index >= 15 is 0 Å². The van der Waals surface area contributed by atoms with Crippen LogP contribution in [0.3, 0.4) is 0 Å². The summed E-state index contributed by atoms with van der Waals surface area (Å²) in [4.78, 5) is 4.86. The third kappa shape index (κ3) is 7.04. The first kappa shape index (κ1) is 44.6. The van der Waals surface area contributed by atoms with Crippen LogP contribution in [0.5, 0.6) is 0 Å². The van der Waals surface area contributed by atoms with Gasteiger partial charge < -0.3 is 18.6 Å². The van der Waals surface area contributed by atoms with Gasteiger partial charge in [-0.25, -0.2) is 0 Å². The molecule has 0 atom stereocenters. The average molecular weight is 967 g/mol. The maximum absolute atomic E-state index is 6.92. The summed E-state index contributed by atoms with van der Waals surface area (Å²) in [6.45, 7) is 4.49. The molecule has 0 unspecified atom stereocenters. The smallest absolute Gasteiger partial charge is 0.159 e. The number of para-hydroxylation sites is 4. The normalized spacial score (nSPS) is 12.7. The van der Waals surface area contributed by atoms with Crippen LogP contribution < -0.4 is 9.80 Å². The van der Waals surface area contributed by atoms with Crippen molar-refractivity contribution in [3.8, 4) is 11.1 Å². The van der Waals surface area contributed by atoms with Gasteiger partial charge in [0, 0.05) is 44.0 Å². The first-order chi connectivity index (χ1) is 37.1. The second-order valence-corrected chi connectivity index (χ2v) is 20.1. The van der Waals surface area contributed by atoms with E-state index in [1.807, 2.05) is 0 Å². The van der Waals surface area contributed by atoms with Crippen LogP contribution >= 0.6 is 0 Å². The Morgan fingerprint density at radius 2 is 0.800 bits per heavy atom. The molecule has 1 aliphatic rings. The van der Waals surface area contributed by atoms with E-state index in [1.54, 1.807) is 0 Å². The molecule has 0 amide bonds. The molecule has 0 radical (unpaired) electrons. The zero-order valence-corrected chi connectivity index (χ0v) is 42.1. The molecule has 4 nitrogen and oxygen atoms in total. The van der Waals surface area contributed by atoms with Crippen LogP contribution in [-0.4, -0.2) is 0 Å². The number of hydrogen-bond donors (Lipinski definition) is 0. The summed E-state index contributed by atoms with van der Waals surface area (Å²) < 4.78 is 13.8. The predicted octanol–water partition coefficient (Wildman–Crippen LogP) is 19.8. The highest BCUT2D eigenvalue weighted by Crippen LogP contribution is 2.61. The topological polar surface area (TPSA) is 32.8 Å². The maximum Gasteiger partial charge on any atom is 0.159 e. The Bertz CT molecular complexity index is 4230. The van der Waals surface area contributed by atoms with E-state index in [0.717, 1.165) is 109 Å². The van der Waals surface area contributed by atoms with Crippen molar-refractivity contribution in [2.24, 2.45) is 0 Å². The third-order valence-corrected chi connectivity index (χ3v) is 15.7. The number of hydrogen-bond acceptors (Lipinski definition) is 4. The number of aryl methyl sites for hydroxylation is 2. The SMILES string of the molecule is CCCc1ccc(N(c2ccc3c(c2)C(c2ccccc2)(c2ccccc2)c2cc(N(c4ccc(CCC)cc4)c4cccc5c4oc4ccccc45)c4ccccc4c2-3)c2cccc3c2oc2ccccc23)cc1. The van der Waals surface area contributed by atoms with Crippen molar-refractivity contribution < 1.29 is 8.83 Å². The molecule has 360 valence electrons. The zero-order chi connectivity index (χ0) is 50.0. The van der Waals surface area contributed by atoms with Crippen molar-refractivity contribution in [1.82, 2.24) is 0 Å². The number of fused-ring (bicyclic) bond motifs is 11. The van der Waals surface area contributed by atoms with Crippen LogP contribution in [0.2, 0.25) is 0 Å². The van der Waals surface area contributed by atoms with Crippen molar-refractivity contribution in [2.45, 2.75) is 44.9 Å². The van der Waals surface area contributed by atoms with Crippen molar-refractivity contribution >= 4 is 88.8 Å². The lowest BCUT2D eigenvalue weighted by molar-refractivity contribution is 0.668. The van der Waals surface area contributed by atoms with Gasteiger partial charge >= 0.3 is 0 Å². The molecule has 4 heteroatoms. The monoisotopic (exact) mass is 966 g/mol. The summed E-state index contributed by atoms with van der Waals surface area (Å²) in [6, 6.07) is 89.3. The minimum atomic E-state index is -0.758. The molecule has 0 saturated heterocycles. The predicted molar refractivity (Wildman–Crippen MR) is 313 cm³/mol. The van der Waals surface area contributed by atoms with Crippen molar-refractivity contribution in [1.29, 1.82) is 0 Å². The van der Waals surface area contributed by atoms with Gasteiger partial charge in [0.15, 0.2) is 11.2 Å². The second-order valence-electron chi connectivity index (χ2n) is 20.1. The Morgan fingerprint density at radius 1 is 0.347 bits per heavy atom. The number of anilines is 6. The van der Waals surface area contributed by atoms with Crippen molar-refractivity contribution in [3.63, 3.8) is 0 Å². The average Bonchev–Trinajstić information content (AvgIpc) is 4.28. The Labute approximate surface area is 437 Å². The van der Waals surface area contributed by atoms with Crippen LogP contribution in [0.1, 0.15) is 60.1 Å². The first-order valence-electron chi connectivity index (χ1n) is 26.5. The fourth-order valence-corrected chi connectivity index (χ4v) is 12.5. The summed E-state index contributed by atoms with van der Waals surface area (Å²) in [6.07, 6.45) is 4.22. The molecule has 0 N–H and O–H groups in total. The van der Waals surface area contributed by atoms with Gasteiger partial charge in [-0.1, -0.05) is 203 Å². The molecular weight excluding hydrogens is 913 g/mol. The van der Waals surface area contributed by atoms with E-state index < -0.39 is 5.41 Å². The molecule has 0 fully saturated rings. The molecule has 2 heterocycles. The van der Waals surface area contributed by atoms with Crippen LogP contribution in [0.25, 0.3) is 65.8 Å². The van der Waals surface area contributed by atoms with E-state index in [0.29, 0.717) is 0 Å². The van der Waals surface area contributed by atoms with E-state index in [1.165, 1.54) is 49.9 Å². The summed E-state index contributed by atoms with van der Waals surface area (Å²) in [7, 11) is 0. The highest BCUT2D eigenvalue weighted by Gasteiger charge is 2.48. The Morgan fingerprint density at radius 3 is 1.35 bits per heavy atom. The van der Waals surface area contributed by atoms with Crippen LogP contribution in [0.15, 0.2) is 251 Å². The molecular formula is C71H54N2O2. The zero-order valence-electron chi connectivity index (χ0n) is 42.1. The minimum absolute atomic E-state index is 0.758. The van der Waals surface area contributed by atoms with Gasteiger partial charge in [-0.3, -0.25) is 0 Å². The Kier molecular flexibility index (Phi) is 10.8. The van der Waals surface area contributed by atoms with Gasteiger partial charge in [0.1, 0.15) is 11.2 Å². The Hall–Kier alpha value is -9.12. The molecule has 1 aliphatic carbocycles. The van der Waals surface area contributed by atoms with Crippen LogP contribution in [0.4, 0.5) is 34.1 Å². The van der Waals surface area contributed by atoms with Crippen molar-refractivity contribution in [3.05, 3.63) is 276 Å². The van der Waals surface area contributed by atoms with E-state index in [9.17, 15) is 0 Å². The fourth-order valence-electron chi connectivity index (χ4n) is 12.5. The molecule has 13 aromatic rings. The molecule has 11 aromatic carbocycles. The van der Waals surface area contributed by atoms with Crippen LogP contribution in [0, 0.1) is 0 Å². The van der Waals surface area contributed by atoms with Gasteiger partial charge in [0.25, 0.3) is 0 Å². The maximum atomic E-state index is 6.92. The van der Waals surface area contributed by atoms with Gasteiger partial charge in [0.05, 0.1) is 22.5 Å². The lowest BCUT2D eigenvalue weighted by Crippen LogP contribution is -2.29. The molecule has 2 aromatic heterocycles. The lowest BCUT2D eigenvalue weighted by atomic mass is 9.67. The molecule has 0 spiro atoms. The van der Waals surface area contributed by atoms with Crippen LogP contribution in [-0.2, 0) is 18.3 Å². The first-order valence-corrected chi connectivity index (χ1v) is 26.5. The molecule has 14 rings (SSSR count). The summed E-state index contributed by atoms with van der Waals surface area (Å²) in [5.41, 5.74) is 18.8. The largest absolute Gasteiger partial charge is 0.454 e. The molecule has 75 heavy (non-hydrogen) atoms. The van der Waals surface area contributed by atoms with Gasteiger partial charge in [-0.15, -0.1) is 0 Å². The minimum Gasteiger partial charge on any atom is -0.454 e. The highest BCUT2D eigenvalue weighted by molar-refractivity contribution is 6.15. The number of rotatable bonds is 12. The summed E-state index contributed by atoms with van der Waals surface area (Å²) in [5, 5.41) is 6.73. The van der Waals surface area contributed by atoms with Gasteiger partial charge in [-0.2, -0.15) is 0 Å². The van der Waals surface area contributed by atoms with E-state index in [-0.39, 0.29) is 0 Å². The van der Waals surface area contributed by atoms with Crippen molar-refractivity contribution in [2.75, 3.05) is 9.80 Å². The number of furan rings is 2. The lowest BCUT2D eigenvalue weighted by Gasteiger charge is -2.36. The quantitative estimate of drug-likeness (QED) is 0.122. The van der Waals surface area contributed by atoms with Gasteiger partial charge in [0.2, 0.25) is 0 Å². The van der Waals surface area contributed by atoms with E-state index in [4.69, 9.17) is 8.83 Å². The number of nitrogens with zero attached hydrogens (tertiary/aromatic N) is 2. The fraction of sp³-hybridized carbons (Fsp3) is 0.0986.